The zero-order chi connectivity index (χ0) is 23.4. The average molecular weight is 425 g/mol. The van der Waals surface area contributed by atoms with E-state index in [-0.39, 0.29) is 11.6 Å². The summed E-state index contributed by atoms with van der Waals surface area (Å²) >= 11 is 0. The van der Waals surface area contributed by atoms with E-state index in [0.717, 1.165) is 22.6 Å². The maximum atomic E-state index is 11.9. The zero-order valence-corrected chi connectivity index (χ0v) is 20.2. The third-order valence-electron chi connectivity index (χ3n) is 4.41. The van der Waals surface area contributed by atoms with Gasteiger partial charge in [0.25, 0.3) is 0 Å². The lowest BCUT2D eigenvalue weighted by Gasteiger charge is -2.35. The minimum Gasteiger partial charge on any atom is -0.488 e. The van der Waals surface area contributed by atoms with Crippen LogP contribution >= 0.6 is 0 Å². The quantitative estimate of drug-likeness (QED) is 0.339. The lowest BCUT2D eigenvalue weighted by atomic mass is 9.92. The van der Waals surface area contributed by atoms with E-state index in [1.54, 1.807) is 6.92 Å². The van der Waals surface area contributed by atoms with Gasteiger partial charge in [0.05, 0.1) is 0 Å². The molecule has 0 heterocycles. The van der Waals surface area contributed by atoms with Gasteiger partial charge in [-0.25, -0.2) is 4.79 Å². The Morgan fingerprint density at radius 1 is 0.806 bits per heavy atom. The first-order valence-electron chi connectivity index (χ1n) is 10.6. The Balaban J connectivity index is 2.12. The van der Waals surface area contributed by atoms with E-state index in [0.29, 0.717) is 12.0 Å². The van der Waals surface area contributed by atoms with Gasteiger partial charge in [0, 0.05) is 12.0 Å². The summed E-state index contributed by atoms with van der Waals surface area (Å²) in [6.07, 6.45) is 0.530. The Morgan fingerprint density at radius 3 is 1.97 bits per heavy atom. The molecule has 0 aliphatic carbocycles. The molecular weight excluding hydrogens is 388 g/mol. The molecule has 0 amide bonds. The normalized spacial score (nSPS) is 12.3. The first kappa shape index (κ1) is 24.5. The van der Waals surface area contributed by atoms with E-state index in [4.69, 9.17) is 14.2 Å². The van der Waals surface area contributed by atoms with Crippen LogP contribution < -0.4 is 9.47 Å². The van der Waals surface area contributed by atoms with Crippen LogP contribution in [0.15, 0.2) is 60.7 Å². The van der Waals surface area contributed by atoms with Crippen LogP contribution in [-0.2, 0) is 9.53 Å². The average Bonchev–Trinajstić information content (AvgIpc) is 2.59. The van der Waals surface area contributed by atoms with E-state index in [1.165, 1.54) is 0 Å². The van der Waals surface area contributed by atoms with Crippen molar-refractivity contribution in [3.05, 3.63) is 60.7 Å². The second kappa shape index (κ2) is 9.17. The zero-order valence-electron chi connectivity index (χ0n) is 20.2. The third-order valence-corrected chi connectivity index (χ3v) is 4.41. The van der Waals surface area contributed by atoms with Crippen molar-refractivity contribution in [2.45, 2.75) is 78.6 Å². The summed E-state index contributed by atoms with van der Waals surface area (Å²) in [5.41, 5.74) is 1.08. The van der Waals surface area contributed by atoms with Gasteiger partial charge in [-0.2, -0.15) is 0 Å². The molecule has 0 aliphatic heterocycles. The van der Waals surface area contributed by atoms with Crippen LogP contribution in [0.25, 0.3) is 11.1 Å². The van der Waals surface area contributed by atoms with Gasteiger partial charge in [0.15, 0.2) is 0 Å². The largest absolute Gasteiger partial charge is 0.488 e. The van der Waals surface area contributed by atoms with Crippen LogP contribution in [0.3, 0.4) is 0 Å². The van der Waals surface area contributed by atoms with Crippen molar-refractivity contribution in [1.82, 2.24) is 0 Å². The molecule has 0 N–H and O–H groups in total. The summed E-state index contributed by atoms with van der Waals surface area (Å²) < 4.78 is 17.8. The molecule has 2 aromatic rings. The van der Waals surface area contributed by atoms with Crippen molar-refractivity contribution in [1.29, 1.82) is 0 Å². The van der Waals surface area contributed by atoms with Gasteiger partial charge in [-0.3, -0.25) is 0 Å². The van der Waals surface area contributed by atoms with Gasteiger partial charge in [-0.15, -0.1) is 0 Å². The van der Waals surface area contributed by atoms with E-state index in [9.17, 15) is 4.79 Å². The molecule has 2 aromatic carbocycles. The van der Waals surface area contributed by atoms with Crippen molar-refractivity contribution < 1.29 is 19.0 Å². The molecule has 168 valence electrons. The molecule has 0 aliphatic rings. The first-order chi connectivity index (χ1) is 14.2. The molecule has 31 heavy (non-hydrogen) atoms. The lowest BCUT2D eigenvalue weighted by Crippen LogP contribution is -2.40. The number of rotatable bonds is 8. The van der Waals surface area contributed by atoms with Crippen LogP contribution in [0.4, 0.5) is 0 Å². The van der Waals surface area contributed by atoms with Gasteiger partial charge < -0.3 is 14.2 Å². The molecule has 0 saturated carbocycles. The van der Waals surface area contributed by atoms with E-state index >= 15 is 0 Å². The Kier molecular flexibility index (Phi) is 7.25. The predicted octanol–water partition coefficient (Wildman–Crippen LogP) is 6.98. The minimum absolute atomic E-state index is 0.229. The molecule has 0 spiro atoms. The summed E-state index contributed by atoms with van der Waals surface area (Å²) in [7, 11) is 0. The molecule has 0 unspecified atom stereocenters. The number of esters is 1. The van der Waals surface area contributed by atoms with Crippen LogP contribution in [0.1, 0.15) is 61.8 Å². The molecule has 4 heteroatoms. The maximum Gasteiger partial charge on any atom is 0.333 e. The molecule has 2 rings (SSSR count). The molecule has 0 radical (unpaired) electrons. The molecule has 0 atom stereocenters. The Morgan fingerprint density at radius 2 is 1.42 bits per heavy atom. The van der Waals surface area contributed by atoms with Crippen molar-refractivity contribution >= 4 is 5.97 Å². The topological polar surface area (TPSA) is 44.8 Å². The lowest BCUT2D eigenvalue weighted by molar-refractivity contribution is -0.155. The Hall–Kier alpha value is -2.75. The van der Waals surface area contributed by atoms with Crippen LogP contribution in [-0.4, -0.2) is 22.8 Å². The van der Waals surface area contributed by atoms with E-state index in [2.05, 4.69) is 12.6 Å². The summed E-state index contributed by atoms with van der Waals surface area (Å²) in [6.45, 7) is 19.2. The number of benzene rings is 2. The minimum atomic E-state index is -0.681. The molecule has 0 aromatic heterocycles. The summed E-state index contributed by atoms with van der Waals surface area (Å²) in [6, 6.07) is 16.1. The van der Waals surface area contributed by atoms with Gasteiger partial charge in [0.1, 0.15) is 28.3 Å². The highest BCUT2D eigenvalue weighted by Gasteiger charge is 2.33. The van der Waals surface area contributed by atoms with Crippen molar-refractivity contribution in [2.24, 2.45) is 0 Å². The fourth-order valence-electron chi connectivity index (χ4n) is 3.56. The molecular formula is C27H36O4. The second-order valence-electron chi connectivity index (χ2n) is 10.2. The van der Waals surface area contributed by atoms with Crippen LogP contribution in [0.2, 0.25) is 0 Å². The van der Waals surface area contributed by atoms with E-state index in [1.807, 2.05) is 90.9 Å². The van der Waals surface area contributed by atoms with E-state index < -0.39 is 11.2 Å². The van der Waals surface area contributed by atoms with Crippen LogP contribution in [0.5, 0.6) is 11.5 Å². The van der Waals surface area contributed by atoms with Gasteiger partial charge in [0.2, 0.25) is 0 Å². The summed E-state index contributed by atoms with van der Waals surface area (Å²) in [5.74, 6) is 1.22. The van der Waals surface area contributed by atoms with Crippen molar-refractivity contribution in [3.8, 4) is 22.6 Å². The maximum absolute atomic E-state index is 11.9. The molecule has 0 bridgehead atoms. The highest BCUT2D eigenvalue weighted by atomic mass is 16.6. The number of carbonyl (C=O) groups excluding carboxylic acids is 1. The predicted molar refractivity (Wildman–Crippen MR) is 127 cm³/mol. The fourth-order valence-corrected chi connectivity index (χ4v) is 3.56. The number of carbonyl (C=O) groups is 1. The van der Waals surface area contributed by atoms with Gasteiger partial charge in [-0.05, 0) is 90.8 Å². The Labute approximate surface area is 187 Å². The summed E-state index contributed by atoms with van der Waals surface area (Å²) in [5, 5.41) is 0. The highest BCUT2D eigenvalue weighted by molar-refractivity contribution is 5.87. The highest BCUT2D eigenvalue weighted by Crippen LogP contribution is 2.32. The van der Waals surface area contributed by atoms with Gasteiger partial charge in [-0.1, -0.05) is 30.8 Å². The first-order valence-corrected chi connectivity index (χ1v) is 10.6. The van der Waals surface area contributed by atoms with Gasteiger partial charge >= 0.3 is 5.97 Å². The standard InChI is InChI=1S/C27H36O4/c1-19(2)24(28)31-27(8,9)18-26(6,7)30-23-12-10-11-21(17-23)20-13-15-22(16-14-20)29-25(3,4)5/h10-17H,1,18H2,2-9H3. The van der Waals surface area contributed by atoms with Crippen LogP contribution in [0, 0.1) is 0 Å². The number of hydrogen-bond donors (Lipinski definition) is 0. The van der Waals surface area contributed by atoms with Crippen molar-refractivity contribution in [2.75, 3.05) is 0 Å². The monoisotopic (exact) mass is 424 g/mol. The second-order valence-corrected chi connectivity index (χ2v) is 10.2. The number of hydrogen-bond acceptors (Lipinski definition) is 4. The third kappa shape index (κ3) is 8.12. The fraction of sp³-hybridized carbons (Fsp3) is 0.444. The number of ether oxygens (including phenoxy) is 3. The smallest absolute Gasteiger partial charge is 0.333 e. The molecule has 0 saturated heterocycles. The van der Waals surface area contributed by atoms with Crippen molar-refractivity contribution in [3.63, 3.8) is 0 Å². The summed E-state index contributed by atoms with van der Waals surface area (Å²) in [4.78, 5) is 11.9. The SMILES string of the molecule is C=C(C)C(=O)OC(C)(C)CC(C)(C)Oc1cccc(-c2ccc(OC(C)(C)C)cc2)c1. The molecule has 0 fully saturated rings. The molecule has 4 nitrogen and oxygen atoms in total. The Bertz CT molecular complexity index is 915.